The molecule has 0 aromatic heterocycles. The lowest BCUT2D eigenvalue weighted by atomic mass is 9.98. The van der Waals surface area contributed by atoms with E-state index in [0.29, 0.717) is 16.7 Å². The fourth-order valence-electron chi connectivity index (χ4n) is 1.75. The summed E-state index contributed by atoms with van der Waals surface area (Å²) in [6, 6.07) is 13.1. The van der Waals surface area contributed by atoms with E-state index >= 15 is 0 Å². The lowest BCUT2D eigenvalue weighted by molar-refractivity contribution is 0.103. The number of rotatable bonds is 2. The van der Waals surface area contributed by atoms with Gasteiger partial charge in [-0.15, -0.1) is 0 Å². The molecule has 0 bridgehead atoms. The Balaban J connectivity index is 2.39. The molecule has 3 nitrogen and oxygen atoms in total. The molecule has 0 aliphatic rings. The van der Waals surface area contributed by atoms with E-state index < -0.39 is 0 Å². The van der Waals surface area contributed by atoms with Gasteiger partial charge in [0.25, 0.3) is 0 Å². The van der Waals surface area contributed by atoms with Crippen molar-refractivity contribution in [2.45, 2.75) is 6.92 Å². The summed E-state index contributed by atoms with van der Waals surface area (Å²) in [4.78, 5) is 12.2. The summed E-state index contributed by atoms with van der Waals surface area (Å²) in [6.07, 6.45) is 0. The Kier molecular flexibility index (Phi) is 3.11. The molecule has 0 spiro atoms. The molecule has 2 aromatic rings. The highest BCUT2D eigenvalue weighted by Gasteiger charge is 2.11. The lowest BCUT2D eigenvalue weighted by Crippen LogP contribution is -2.03. The van der Waals surface area contributed by atoms with Gasteiger partial charge in [-0.25, -0.2) is 0 Å². The Hall–Kier alpha value is -2.60. The molecular weight excluding hydrogens is 226 g/mol. The maximum absolute atomic E-state index is 12.2. The fourth-order valence-corrected chi connectivity index (χ4v) is 1.75. The molecule has 0 atom stereocenters. The van der Waals surface area contributed by atoms with Crippen LogP contribution in [0.2, 0.25) is 0 Å². The maximum atomic E-state index is 12.2. The minimum atomic E-state index is -0.114. The highest BCUT2D eigenvalue weighted by atomic mass is 16.3. The molecule has 0 heterocycles. The Morgan fingerprint density at radius 1 is 1.17 bits per heavy atom. The number of nitriles is 1. The molecule has 0 saturated carbocycles. The van der Waals surface area contributed by atoms with E-state index in [9.17, 15) is 9.90 Å². The Labute approximate surface area is 105 Å². The number of carbonyl (C=O) groups is 1. The third-order valence-corrected chi connectivity index (χ3v) is 2.73. The molecule has 0 amide bonds. The summed E-state index contributed by atoms with van der Waals surface area (Å²) in [5, 5.41) is 18.0. The standard InChI is InChI=1S/C15H11NO2/c1-10-8-13(17)6-7-14(10)15(18)12-4-2-11(9-16)3-5-12/h2-8,17H,1H3. The Morgan fingerprint density at radius 2 is 1.83 bits per heavy atom. The first-order valence-corrected chi connectivity index (χ1v) is 5.46. The van der Waals surface area contributed by atoms with Crippen LogP contribution >= 0.6 is 0 Å². The van der Waals surface area contributed by atoms with E-state index in [-0.39, 0.29) is 11.5 Å². The number of phenolic OH excluding ortho intramolecular Hbond substituents is 1. The highest BCUT2D eigenvalue weighted by molar-refractivity contribution is 6.10. The van der Waals surface area contributed by atoms with Gasteiger partial charge in [0.05, 0.1) is 11.6 Å². The summed E-state index contributed by atoms with van der Waals surface area (Å²) in [6.45, 7) is 1.77. The lowest BCUT2D eigenvalue weighted by Gasteiger charge is -2.05. The monoisotopic (exact) mass is 237 g/mol. The molecule has 18 heavy (non-hydrogen) atoms. The first-order chi connectivity index (χ1) is 8.61. The van der Waals surface area contributed by atoms with E-state index in [1.54, 1.807) is 43.3 Å². The molecular formula is C15H11NO2. The largest absolute Gasteiger partial charge is 0.508 e. The number of benzene rings is 2. The minimum absolute atomic E-state index is 0.114. The van der Waals surface area contributed by atoms with Crippen molar-refractivity contribution in [2.24, 2.45) is 0 Å². The van der Waals surface area contributed by atoms with E-state index in [1.807, 2.05) is 6.07 Å². The summed E-state index contributed by atoms with van der Waals surface area (Å²) in [7, 11) is 0. The highest BCUT2D eigenvalue weighted by Crippen LogP contribution is 2.19. The smallest absolute Gasteiger partial charge is 0.193 e. The van der Waals surface area contributed by atoms with Crippen molar-refractivity contribution in [1.82, 2.24) is 0 Å². The fraction of sp³-hybridized carbons (Fsp3) is 0.0667. The van der Waals surface area contributed by atoms with Gasteiger partial charge in [-0.05, 0) is 55.0 Å². The molecule has 0 radical (unpaired) electrons. The van der Waals surface area contributed by atoms with Crippen molar-refractivity contribution < 1.29 is 9.90 Å². The van der Waals surface area contributed by atoms with Crippen LogP contribution in [0.3, 0.4) is 0 Å². The Bertz CT molecular complexity index is 637. The number of ketones is 1. The topological polar surface area (TPSA) is 61.1 Å². The van der Waals surface area contributed by atoms with Crippen molar-refractivity contribution in [3.63, 3.8) is 0 Å². The molecule has 2 rings (SSSR count). The van der Waals surface area contributed by atoms with Gasteiger partial charge in [-0.2, -0.15) is 5.26 Å². The third-order valence-electron chi connectivity index (χ3n) is 2.73. The van der Waals surface area contributed by atoms with Crippen LogP contribution in [-0.4, -0.2) is 10.9 Å². The van der Waals surface area contributed by atoms with Crippen molar-refractivity contribution in [3.8, 4) is 11.8 Å². The van der Waals surface area contributed by atoms with E-state index in [4.69, 9.17) is 5.26 Å². The number of phenols is 1. The van der Waals surface area contributed by atoms with Crippen molar-refractivity contribution in [2.75, 3.05) is 0 Å². The molecule has 2 aromatic carbocycles. The van der Waals surface area contributed by atoms with Crippen LogP contribution in [0.15, 0.2) is 42.5 Å². The number of nitrogens with zero attached hydrogens (tertiary/aromatic N) is 1. The molecule has 0 aliphatic heterocycles. The van der Waals surface area contributed by atoms with Gasteiger partial charge in [-0.3, -0.25) is 4.79 Å². The number of aromatic hydroxyl groups is 1. The number of carbonyl (C=O) groups excluding carboxylic acids is 1. The van der Waals surface area contributed by atoms with Gasteiger partial charge in [0.2, 0.25) is 0 Å². The second-order valence-electron chi connectivity index (χ2n) is 4.02. The van der Waals surface area contributed by atoms with Crippen LogP contribution in [0, 0.1) is 18.3 Å². The van der Waals surface area contributed by atoms with Crippen molar-refractivity contribution in [1.29, 1.82) is 5.26 Å². The van der Waals surface area contributed by atoms with Crippen molar-refractivity contribution >= 4 is 5.78 Å². The molecule has 1 N–H and O–H groups in total. The first-order valence-electron chi connectivity index (χ1n) is 5.46. The minimum Gasteiger partial charge on any atom is -0.508 e. The summed E-state index contributed by atoms with van der Waals surface area (Å²) < 4.78 is 0. The predicted octanol–water partition coefficient (Wildman–Crippen LogP) is 2.80. The molecule has 88 valence electrons. The second kappa shape index (κ2) is 4.72. The predicted molar refractivity (Wildman–Crippen MR) is 67.4 cm³/mol. The van der Waals surface area contributed by atoms with Gasteiger partial charge in [0.15, 0.2) is 5.78 Å². The van der Waals surface area contributed by atoms with Crippen LogP contribution < -0.4 is 0 Å². The van der Waals surface area contributed by atoms with E-state index in [2.05, 4.69) is 0 Å². The van der Waals surface area contributed by atoms with Gasteiger partial charge < -0.3 is 5.11 Å². The SMILES string of the molecule is Cc1cc(O)ccc1C(=O)c1ccc(C#N)cc1. The zero-order chi connectivity index (χ0) is 13.1. The molecule has 3 heteroatoms. The Morgan fingerprint density at radius 3 is 2.39 bits per heavy atom. The average Bonchev–Trinajstić information content (AvgIpc) is 2.38. The van der Waals surface area contributed by atoms with Gasteiger partial charge in [-0.1, -0.05) is 0 Å². The third kappa shape index (κ3) is 2.23. The van der Waals surface area contributed by atoms with Gasteiger partial charge in [0.1, 0.15) is 5.75 Å². The maximum Gasteiger partial charge on any atom is 0.193 e. The second-order valence-corrected chi connectivity index (χ2v) is 4.02. The zero-order valence-corrected chi connectivity index (χ0v) is 9.84. The van der Waals surface area contributed by atoms with Crippen LogP contribution in [-0.2, 0) is 0 Å². The summed E-state index contributed by atoms with van der Waals surface area (Å²) in [5.41, 5.74) is 2.33. The van der Waals surface area contributed by atoms with Crippen LogP contribution in [0.25, 0.3) is 0 Å². The van der Waals surface area contributed by atoms with Crippen LogP contribution in [0.5, 0.6) is 5.75 Å². The zero-order valence-electron chi connectivity index (χ0n) is 9.84. The first kappa shape index (κ1) is 11.9. The summed E-state index contributed by atoms with van der Waals surface area (Å²) >= 11 is 0. The van der Waals surface area contributed by atoms with Crippen LogP contribution in [0.4, 0.5) is 0 Å². The molecule has 0 saturated heterocycles. The van der Waals surface area contributed by atoms with Gasteiger partial charge in [0, 0.05) is 11.1 Å². The molecule has 0 unspecified atom stereocenters. The number of hydrogen-bond donors (Lipinski definition) is 1. The van der Waals surface area contributed by atoms with Gasteiger partial charge >= 0.3 is 0 Å². The van der Waals surface area contributed by atoms with E-state index in [1.165, 1.54) is 6.07 Å². The number of aryl methyl sites for hydroxylation is 1. The average molecular weight is 237 g/mol. The normalized spacial score (nSPS) is 9.78. The van der Waals surface area contributed by atoms with Crippen molar-refractivity contribution in [3.05, 3.63) is 64.7 Å². The molecule has 0 aliphatic carbocycles. The summed E-state index contributed by atoms with van der Waals surface area (Å²) in [5.74, 6) is 0.0286. The van der Waals surface area contributed by atoms with Crippen LogP contribution in [0.1, 0.15) is 27.0 Å². The number of hydrogen-bond acceptors (Lipinski definition) is 3. The van der Waals surface area contributed by atoms with E-state index in [0.717, 1.165) is 5.56 Å². The quantitative estimate of drug-likeness (QED) is 0.817. The molecule has 0 fully saturated rings.